The first-order valence-electron chi connectivity index (χ1n) is 7.79. The molecule has 3 heterocycles. The van der Waals surface area contributed by atoms with E-state index in [1.165, 1.54) is 0 Å². The van der Waals surface area contributed by atoms with Crippen molar-refractivity contribution in [2.24, 2.45) is 0 Å². The fourth-order valence-electron chi connectivity index (χ4n) is 3.05. The van der Waals surface area contributed by atoms with Crippen LogP contribution in [0.1, 0.15) is 5.69 Å². The number of benzene rings is 1. The Morgan fingerprint density at radius 1 is 1.00 bits per heavy atom. The van der Waals surface area contributed by atoms with E-state index in [4.69, 9.17) is 10.7 Å². The van der Waals surface area contributed by atoms with Crippen molar-refractivity contribution >= 4 is 29.2 Å². The number of phenols is 1. The highest BCUT2D eigenvalue weighted by atomic mass is 32.2. The van der Waals surface area contributed by atoms with E-state index in [1.54, 1.807) is 23.9 Å². The van der Waals surface area contributed by atoms with Crippen molar-refractivity contribution in [3.8, 4) is 5.75 Å². The standard InChI is InChI=1S/C16H19N5OS/c17-15-14-13(5-10-23-14)18-16(19-15)21-8-6-20(7-9-21)11-1-3-12(22)4-2-11/h1-4,22H,5-10H2,(H2,17,18,19). The first-order valence-corrected chi connectivity index (χ1v) is 8.77. The summed E-state index contributed by atoms with van der Waals surface area (Å²) >= 11 is 1.75. The molecule has 0 radical (unpaired) electrons. The number of thioether (sulfide) groups is 1. The van der Waals surface area contributed by atoms with Crippen molar-refractivity contribution in [1.29, 1.82) is 0 Å². The molecule has 1 aromatic carbocycles. The van der Waals surface area contributed by atoms with Crippen LogP contribution in [0.15, 0.2) is 29.2 Å². The van der Waals surface area contributed by atoms with E-state index < -0.39 is 0 Å². The quantitative estimate of drug-likeness (QED) is 0.869. The largest absolute Gasteiger partial charge is 0.508 e. The maximum Gasteiger partial charge on any atom is 0.227 e. The lowest BCUT2D eigenvalue weighted by Gasteiger charge is -2.36. The molecule has 0 atom stereocenters. The summed E-state index contributed by atoms with van der Waals surface area (Å²) in [4.78, 5) is 14.8. The van der Waals surface area contributed by atoms with Crippen LogP contribution in [0.4, 0.5) is 17.5 Å². The third-order valence-corrected chi connectivity index (χ3v) is 5.45. The number of aromatic nitrogens is 2. The molecule has 3 N–H and O–H groups in total. The molecular formula is C16H19N5OS. The monoisotopic (exact) mass is 329 g/mol. The summed E-state index contributed by atoms with van der Waals surface area (Å²) in [6.45, 7) is 3.54. The van der Waals surface area contributed by atoms with E-state index in [0.29, 0.717) is 11.6 Å². The number of phenolic OH excluding ortho intramolecular Hbond substituents is 1. The van der Waals surface area contributed by atoms with E-state index in [1.807, 2.05) is 12.1 Å². The molecule has 0 bridgehead atoms. The Labute approximate surface area is 139 Å². The Hall–Kier alpha value is -2.15. The second kappa shape index (κ2) is 5.81. The second-order valence-corrected chi connectivity index (χ2v) is 6.88. The lowest BCUT2D eigenvalue weighted by Crippen LogP contribution is -2.47. The Morgan fingerprint density at radius 3 is 2.43 bits per heavy atom. The lowest BCUT2D eigenvalue weighted by atomic mass is 10.2. The zero-order valence-corrected chi connectivity index (χ0v) is 13.6. The molecule has 0 spiro atoms. The number of hydrogen-bond acceptors (Lipinski definition) is 7. The van der Waals surface area contributed by atoms with Gasteiger partial charge in [-0.3, -0.25) is 0 Å². The van der Waals surface area contributed by atoms with E-state index in [2.05, 4.69) is 14.8 Å². The van der Waals surface area contributed by atoms with Gasteiger partial charge in [0.1, 0.15) is 11.6 Å². The highest BCUT2D eigenvalue weighted by molar-refractivity contribution is 7.99. The molecule has 0 unspecified atom stereocenters. The zero-order chi connectivity index (χ0) is 15.8. The first kappa shape index (κ1) is 14.4. The molecule has 0 amide bonds. The molecule has 0 saturated carbocycles. The number of piperazine rings is 1. The van der Waals surface area contributed by atoms with Crippen molar-refractivity contribution in [3.05, 3.63) is 30.0 Å². The molecule has 1 aromatic heterocycles. The molecule has 120 valence electrons. The van der Waals surface area contributed by atoms with Crippen molar-refractivity contribution in [2.75, 3.05) is 47.5 Å². The molecule has 1 saturated heterocycles. The minimum atomic E-state index is 0.298. The van der Waals surface area contributed by atoms with Crippen LogP contribution in [0, 0.1) is 0 Å². The predicted octanol–water partition coefficient (Wildman–Crippen LogP) is 1.74. The van der Waals surface area contributed by atoms with Gasteiger partial charge in [-0.2, -0.15) is 4.98 Å². The van der Waals surface area contributed by atoms with Gasteiger partial charge in [0, 0.05) is 44.0 Å². The molecule has 1 fully saturated rings. The number of anilines is 3. The van der Waals surface area contributed by atoms with Gasteiger partial charge in [-0.15, -0.1) is 11.8 Å². The number of nitrogen functional groups attached to an aromatic ring is 1. The summed E-state index contributed by atoms with van der Waals surface area (Å²) in [5, 5.41) is 9.39. The highest BCUT2D eigenvalue weighted by Crippen LogP contribution is 2.35. The predicted molar refractivity (Wildman–Crippen MR) is 93.4 cm³/mol. The molecule has 0 aliphatic carbocycles. The fourth-order valence-corrected chi connectivity index (χ4v) is 4.06. The van der Waals surface area contributed by atoms with Crippen molar-refractivity contribution in [1.82, 2.24) is 9.97 Å². The molecule has 23 heavy (non-hydrogen) atoms. The van der Waals surface area contributed by atoms with E-state index in [9.17, 15) is 5.11 Å². The minimum absolute atomic E-state index is 0.298. The number of aromatic hydroxyl groups is 1. The van der Waals surface area contributed by atoms with Crippen molar-refractivity contribution in [3.63, 3.8) is 0 Å². The van der Waals surface area contributed by atoms with Crippen LogP contribution in [0.5, 0.6) is 5.75 Å². The minimum Gasteiger partial charge on any atom is -0.508 e. The smallest absolute Gasteiger partial charge is 0.227 e. The average molecular weight is 329 g/mol. The van der Waals surface area contributed by atoms with E-state index in [-0.39, 0.29) is 0 Å². The van der Waals surface area contributed by atoms with Crippen molar-refractivity contribution < 1.29 is 5.11 Å². The summed E-state index contributed by atoms with van der Waals surface area (Å²) in [5.41, 5.74) is 8.31. The van der Waals surface area contributed by atoms with Crippen LogP contribution in [-0.4, -0.2) is 47.0 Å². The normalized spacial score (nSPS) is 17.4. The topological polar surface area (TPSA) is 78.5 Å². The Kier molecular flexibility index (Phi) is 3.65. The zero-order valence-electron chi connectivity index (χ0n) is 12.8. The molecule has 2 aliphatic rings. The fraction of sp³-hybridized carbons (Fsp3) is 0.375. The van der Waals surface area contributed by atoms with Gasteiger partial charge in [0.05, 0.1) is 10.6 Å². The van der Waals surface area contributed by atoms with Gasteiger partial charge in [0.25, 0.3) is 0 Å². The van der Waals surface area contributed by atoms with Gasteiger partial charge in [0.15, 0.2) is 0 Å². The Morgan fingerprint density at radius 2 is 1.70 bits per heavy atom. The molecule has 2 aromatic rings. The molecular weight excluding hydrogens is 310 g/mol. The maximum atomic E-state index is 9.39. The van der Waals surface area contributed by atoms with Gasteiger partial charge < -0.3 is 20.6 Å². The number of nitrogens with zero attached hydrogens (tertiary/aromatic N) is 4. The summed E-state index contributed by atoms with van der Waals surface area (Å²) in [6.07, 6.45) is 0.979. The summed E-state index contributed by atoms with van der Waals surface area (Å²) in [7, 11) is 0. The number of nitrogens with two attached hydrogens (primary N) is 1. The van der Waals surface area contributed by atoms with E-state index >= 15 is 0 Å². The third-order valence-electron chi connectivity index (χ3n) is 4.31. The summed E-state index contributed by atoms with van der Waals surface area (Å²) < 4.78 is 0. The summed E-state index contributed by atoms with van der Waals surface area (Å²) in [5.74, 6) is 2.72. The molecule has 6 nitrogen and oxygen atoms in total. The first-order chi connectivity index (χ1) is 11.2. The Bertz CT molecular complexity index is 713. The summed E-state index contributed by atoms with van der Waals surface area (Å²) in [6, 6.07) is 7.35. The van der Waals surface area contributed by atoms with Crippen LogP contribution < -0.4 is 15.5 Å². The lowest BCUT2D eigenvalue weighted by molar-refractivity contribution is 0.475. The van der Waals surface area contributed by atoms with Crippen molar-refractivity contribution in [2.45, 2.75) is 11.3 Å². The van der Waals surface area contributed by atoms with Gasteiger partial charge >= 0.3 is 0 Å². The maximum absolute atomic E-state index is 9.39. The van der Waals surface area contributed by atoms with Crippen LogP contribution in [-0.2, 0) is 6.42 Å². The third kappa shape index (κ3) is 2.76. The van der Waals surface area contributed by atoms with Crippen LogP contribution in [0.25, 0.3) is 0 Å². The Balaban J connectivity index is 1.47. The molecule has 2 aliphatic heterocycles. The van der Waals surface area contributed by atoms with Gasteiger partial charge in [-0.1, -0.05) is 0 Å². The second-order valence-electron chi connectivity index (χ2n) is 5.77. The number of fused-ring (bicyclic) bond motifs is 1. The number of rotatable bonds is 2. The van der Waals surface area contributed by atoms with E-state index in [0.717, 1.165) is 60.6 Å². The van der Waals surface area contributed by atoms with Crippen LogP contribution in [0.2, 0.25) is 0 Å². The molecule has 7 heteroatoms. The molecule has 4 rings (SSSR count). The van der Waals surface area contributed by atoms with Gasteiger partial charge in [0.2, 0.25) is 5.95 Å². The van der Waals surface area contributed by atoms with Crippen LogP contribution >= 0.6 is 11.8 Å². The van der Waals surface area contributed by atoms with Crippen LogP contribution in [0.3, 0.4) is 0 Å². The SMILES string of the molecule is Nc1nc(N2CCN(c3ccc(O)cc3)CC2)nc2c1SCC2. The van der Waals surface area contributed by atoms with Gasteiger partial charge in [-0.25, -0.2) is 4.98 Å². The van der Waals surface area contributed by atoms with Gasteiger partial charge in [-0.05, 0) is 24.3 Å². The number of hydrogen-bond donors (Lipinski definition) is 2. The highest BCUT2D eigenvalue weighted by Gasteiger charge is 2.23. The average Bonchev–Trinajstić information content (AvgIpc) is 3.05. The number of aryl methyl sites for hydroxylation is 1.